The van der Waals surface area contributed by atoms with Gasteiger partial charge in [-0.25, -0.2) is 14.8 Å². The molecule has 0 aromatic carbocycles. The summed E-state index contributed by atoms with van der Waals surface area (Å²) in [4.78, 5) is 19.1. The number of hydrogen-bond donors (Lipinski definition) is 1. The molecule has 0 radical (unpaired) electrons. The Balaban J connectivity index is 2.61. The maximum absolute atomic E-state index is 11.0. The molecule has 0 aliphatic heterocycles. The fourth-order valence-electron chi connectivity index (χ4n) is 1.25. The van der Waals surface area contributed by atoms with E-state index in [-0.39, 0.29) is 5.69 Å². The molecule has 0 aliphatic rings. The second-order valence-electron chi connectivity index (χ2n) is 2.99. The van der Waals surface area contributed by atoms with Crippen LogP contribution >= 0.6 is 11.3 Å². The molecule has 0 bridgehead atoms. The summed E-state index contributed by atoms with van der Waals surface area (Å²) in [6.07, 6.45) is 1.64. The van der Waals surface area contributed by atoms with Gasteiger partial charge in [-0.15, -0.1) is 11.3 Å². The zero-order valence-corrected chi connectivity index (χ0v) is 8.78. The third-order valence-corrected chi connectivity index (χ3v) is 2.71. The molecule has 0 spiro atoms. The molecule has 2 rings (SSSR count). The molecule has 4 nitrogen and oxygen atoms in total. The first-order chi connectivity index (χ1) is 7.18. The number of aromatic carboxylic acids is 1. The van der Waals surface area contributed by atoms with E-state index in [2.05, 4.69) is 9.97 Å². The van der Waals surface area contributed by atoms with Crippen molar-refractivity contribution in [3.8, 4) is 10.6 Å². The fraction of sp³-hybridized carbons (Fsp3) is 0.100. The van der Waals surface area contributed by atoms with Crippen LogP contribution in [0.3, 0.4) is 0 Å². The number of rotatable bonds is 2. The van der Waals surface area contributed by atoms with Gasteiger partial charge in [0, 0.05) is 22.8 Å². The van der Waals surface area contributed by atoms with E-state index in [0.717, 1.165) is 0 Å². The molecular weight excluding hydrogens is 212 g/mol. The standard InChI is InChI=1S/C10H8N2O2S/c1-6-2-3-7(8(12-6)10(13)14)9-11-4-5-15-9/h2-5H,1H3,(H,13,14). The number of aryl methyl sites for hydroxylation is 1. The van der Waals surface area contributed by atoms with E-state index in [0.29, 0.717) is 16.3 Å². The number of carbonyl (C=O) groups is 1. The monoisotopic (exact) mass is 220 g/mol. The zero-order valence-electron chi connectivity index (χ0n) is 7.97. The maximum Gasteiger partial charge on any atom is 0.355 e. The van der Waals surface area contributed by atoms with E-state index in [1.807, 2.05) is 0 Å². The van der Waals surface area contributed by atoms with Crippen LogP contribution in [0, 0.1) is 6.92 Å². The largest absolute Gasteiger partial charge is 0.476 e. The van der Waals surface area contributed by atoms with Gasteiger partial charge in [0.1, 0.15) is 5.01 Å². The Kier molecular flexibility index (Phi) is 2.47. The molecule has 5 heteroatoms. The van der Waals surface area contributed by atoms with Crippen molar-refractivity contribution in [2.75, 3.05) is 0 Å². The smallest absolute Gasteiger partial charge is 0.355 e. The summed E-state index contributed by atoms with van der Waals surface area (Å²) in [5, 5.41) is 11.5. The van der Waals surface area contributed by atoms with Gasteiger partial charge in [0.15, 0.2) is 5.69 Å². The molecular formula is C10H8N2O2S. The van der Waals surface area contributed by atoms with Crippen molar-refractivity contribution in [2.45, 2.75) is 6.92 Å². The Bertz CT molecular complexity index is 494. The second kappa shape index (κ2) is 3.78. The van der Waals surface area contributed by atoms with Crippen LogP contribution in [0.2, 0.25) is 0 Å². The van der Waals surface area contributed by atoms with Crippen LogP contribution in [0.4, 0.5) is 0 Å². The molecule has 2 heterocycles. The fourth-order valence-corrected chi connectivity index (χ4v) is 1.91. The van der Waals surface area contributed by atoms with Crippen LogP contribution in [0.15, 0.2) is 23.7 Å². The summed E-state index contributed by atoms with van der Waals surface area (Å²) >= 11 is 1.40. The number of hydrogen-bond acceptors (Lipinski definition) is 4. The van der Waals surface area contributed by atoms with Gasteiger partial charge in [0.25, 0.3) is 0 Å². The lowest BCUT2D eigenvalue weighted by molar-refractivity contribution is 0.0691. The lowest BCUT2D eigenvalue weighted by Crippen LogP contribution is -2.04. The van der Waals surface area contributed by atoms with Crippen LogP contribution in [-0.2, 0) is 0 Å². The highest BCUT2D eigenvalue weighted by Crippen LogP contribution is 2.24. The number of aromatic nitrogens is 2. The van der Waals surface area contributed by atoms with Gasteiger partial charge in [0.05, 0.1) is 0 Å². The number of nitrogens with zero attached hydrogens (tertiary/aromatic N) is 2. The summed E-state index contributed by atoms with van der Waals surface area (Å²) in [7, 11) is 0. The number of carboxylic acid groups (broad SMARTS) is 1. The average molecular weight is 220 g/mol. The van der Waals surface area contributed by atoms with Crippen LogP contribution in [0.25, 0.3) is 10.6 Å². The van der Waals surface area contributed by atoms with E-state index < -0.39 is 5.97 Å². The van der Waals surface area contributed by atoms with Crippen molar-refractivity contribution in [2.24, 2.45) is 0 Å². The topological polar surface area (TPSA) is 63.1 Å². The van der Waals surface area contributed by atoms with Gasteiger partial charge in [0.2, 0.25) is 0 Å². The van der Waals surface area contributed by atoms with Crippen molar-refractivity contribution in [3.05, 3.63) is 35.1 Å². The van der Waals surface area contributed by atoms with Gasteiger partial charge in [-0.05, 0) is 19.1 Å². The van der Waals surface area contributed by atoms with Crippen LogP contribution in [-0.4, -0.2) is 21.0 Å². The lowest BCUT2D eigenvalue weighted by atomic mass is 10.2. The Morgan fingerprint density at radius 2 is 2.27 bits per heavy atom. The number of carboxylic acids is 1. The van der Waals surface area contributed by atoms with Crippen LogP contribution in [0.1, 0.15) is 16.2 Å². The molecule has 15 heavy (non-hydrogen) atoms. The summed E-state index contributed by atoms with van der Waals surface area (Å²) in [6, 6.07) is 3.52. The van der Waals surface area contributed by atoms with E-state index in [4.69, 9.17) is 5.11 Å². The minimum absolute atomic E-state index is 0.0601. The van der Waals surface area contributed by atoms with Crippen molar-refractivity contribution in [1.29, 1.82) is 0 Å². The molecule has 1 N–H and O–H groups in total. The van der Waals surface area contributed by atoms with E-state index in [9.17, 15) is 4.79 Å². The van der Waals surface area contributed by atoms with Crippen molar-refractivity contribution in [1.82, 2.24) is 9.97 Å². The molecule has 0 saturated heterocycles. The summed E-state index contributed by atoms with van der Waals surface area (Å²) in [5.74, 6) is -1.02. The SMILES string of the molecule is Cc1ccc(-c2nccs2)c(C(=O)O)n1. The second-order valence-corrected chi connectivity index (χ2v) is 3.89. The van der Waals surface area contributed by atoms with E-state index >= 15 is 0 Å². The maximum atomic E-state index is 11.0. The van der Waals surface area contributed by atoms with Gasteiger partial charge in [-0.3, -0.25) is 0 Å². The molecule has 0 unspecified atom stereocenters. The predicted molar refractivity (Wildman–Crippen MR) is 57.0 cm³/mol. The third kappa shape index (κ3) is 1.87. The Morgan fingerprint density at radius 3 is 2.87 bits per heavy atom. The first kappa shape index (κ1) is 9.79. The first-order valence-corrected chi connectivity index (χ1v) is 5.17. The lowest BCUT2D eigenvalue weighted by Gasteiger charge is -2.02. The molecule has 0 atom stereocenters. The molecule has 76 valence electrons. The van der Waals surface area contributed by atoms with Crippen molar-refractivity contribution < 1.29 is 9.90 Å². The van der Waals surface area contributed by atoms with Gasteiger partial charge < -0.3 is 5.11 Å². The highest BCUT2D eigenvalue weighted by Gasteiger charge is 2.14. The minimum atomic E-state index is -1.02. The third-order valence-electron chi connectivity index (χ3n) is 1.90. The predicted octanol–water partition coefficient (Wildman–Crippen LogP) is 2.21. The van der Waals surface area contributed by atoms with Crippen LogP contribution in [0.5, 0.6) is 0 Å². The first-order valence-electron chi connectivity index (χ1n) is 4.29. The van der Waals surface area contributed by atoms with Gasteiger partial charge >= 0.3 is 5.97 Å². The molecule has 0 aliphatic carbocycles. The molecule has 0 amide bonds. The Morgan fingerprint density at radius 1 is 1.47 bits per heavy atom. The normalized spacial score (nSPS) is 10.2. The average Bonchev–Trinajstić information content (AvgIpc) is 2.70. The molecule has 0 fully saturated rings. The minimum Gasteiger partial charge on any atom is -0.476 e. The molecule has 2 aromatic heterocycles. The highest BCUT2D eigenvalue weighted by molar-refractivity contribution is 7.13. The quantitative estimate of drug-likeness (QED) is 0.842. The van der Waals surface area contributed by atoms with E-state index in [1.54, 1.807) is 30.6 Å². The Labute approximate surface area is 90.3 Å². The van der Waals surface area contributed by atoms with Crippen molar-refractivity contribution in [3.63, 3.8) is 0 Å². The molecule has 2 aromatic rings. The summed E-state index contributed by atoms with van der Waals surface area (Å²) in [5.41, 5.74) is 1.32. The highest BCUT2D eigenvalue weighted by atomic mass is 32.1. The van der Waals surface area contributed by atoms with E-state index in [1.165, 1.54) is 11.3 Å². The van der Waals surface area contributed by atoms with Crippen LogP contribution < -0.4 is 0 Å². The Hall–Kier alpha value is -1.75. The summed E-state index contributed by atoms with van der Waals surface area (Å²) < 4.78 is 0. The zero-order chi connectivity index (χ0) is 10.8. The van der Waals surface area contributed by atoms with Gasteiger partial charge in [-0.1, -0.05) is 0 Å². The molecule has 0 saturated carbocycles. The van der Waals surface area contributed by atoms with Gasteiger partial charge in [-0.2, -0.15) is 0 Å². The number of thiazole rings is 1. The summed E-state index contributed by atoms with van der Waals surface area (Å²) in [6.45, 7) is 1.76. The van der Waals surface area contributed by atoms with Crippen molar-refractivity contribution >= 4 is 17.3 Å². The number of pyridine rings is 1.